The van der Waals surface area contributed by atoms with Gasteiger partial charge in [0.05, 0.1) is 177 Å². The van der Waals surface area contributed by atoms with E-state index in [1.807, 2.05) is 13.8 Å². The van der Waals surface area contributed by atoms with Crippen molar-refractivity contribution in [1.29, 1.82) is 0 Å². The summed E-state index contributed by atoms with van der Waals surface area (Å²) in [6.07, 6.45) is 12.4. The van der Waals surface area contributed by atoms with E-state index in [0.717, 1.165) is 83.5 Å². The molecule has 0 aromatic heterocycles. The van der Waals surface area contributed by atoms with Gasteiger partial charge in [-0.3, -0.25) is 0 Å². The molecule has 0 N–H and O–H groups in total. The van der Waals surface area contributed by atoms with Gasteiger partial charge in [0.1, 0.15) is 48.4 Å². The zero-order valence-electron chi connectivity index (χ0n) is 85.7. The third-order valence-electron chi connectivity index (χ3n) is 22.5. The molecule has 0 saturated heterocycles. The summed E-state index contributed by atoms with van der Waals surface area (Å²) in [7, 11) is -25.2. The Labute approximate surface area is 927 Å². The molecular weight excluding hydrogens is 2250 g/mol. The Hall–Kier alpha value is -7.25. The summed E-state index contributed by atoms with van der Waals surface area (Å²) in [6.45, 7) is 33.9. The number of hydrogen-bond donors (Lipinski definition) is 0. The first-order chi connectivity index (χ1) is 69.9. The molecule has 5 atom stereocenters. The summed E-state index contributed by atoms with van der Waals surface area (Å²) in [6, 6.07) is 44.4. The molecule has 0 aliphatic carbocycles. The lowest BCUT2D eigenvalue weighted by molar-refractivity contribution is 0.256. The third kappa shape index (κ3) is 40.6. The van der Waals surface area contributed by atoms with E-state index >= 15 is 0 Å². The van der Waals surface area contributed by atoms with Crippen molar-refractivity contribution in [3.05, 3.63) is 232 Å². The number of hydrogen-bond acceptors (Lipinski definition) is 24. The first-order valence-electron chi connectivity index (χ1n) is 48.8. The highest BCUT2D eigenvalue weighted by Crippen LogP contribution is 2.45. The van der Waals surface area contributed by atoms with Gasteiger partial charge < -0.3 is 47.4 Å². The van der Waals surface area contributed by atoms with Gasteiger partial charge in [-0.05, 0) is 232 Å². The molecule has 0 spiro atoms. The Morgan fingerprint density at radius 1 is 0.203 bits per heavy atom. The summed E-state index contributed by atoms with van der Waals surface area (Å²) >= 11 is 62.4. The maximum absolute atomic E-state index is 13.0. The first-order valence-corrected chi connectivity index (χ1v) is 63.6. The van der Waals surface area contributed by atoms with Gasteiger partial charge in [0, 0.05) is 23.3 Å². The molecule has 41 heteroatoms. The van der Waals surface area contributed by atoms with Crippen LogP contribution in [-0.4, -0.2) is 148 Å². The predicted molar refractivity (Wildman–Crippen MR) is 597 cm³/mol. The van der Waals surface area contributed by atoms with Crippen molar-refractivity contribution in [2.45, 2.75) is 236 Å². The minimum atomic E-state index is -3.86. The lowest BCUT2D eigenvalue weighted by Gasteiger charge is -2.15. The Morgan fingerprint density at radius 2 is 0.358 bits per heavy atom. The van der Waals surface area contributed by atoms with Crippen molar-refractivity contribution in [2.24, 2.45) is 29.6 Å². The van der Waals surface area contributed by atoms with Gasteiger partial charge in [0.25, 0.3) is 0 Å². The van der Waals surface area contributed by atoms with Gasteiger partial charge in [-0.25, -0.2) is 58.9 Å². The highest BCUT2D eigenvalue weighted by atomic mass is 35.5. The normalized spacial score (nSPS) is 12.8. The number of halogens is 10. The molecule has 1 unspecified atom stereocenters. The molecular formula is C107H134Cl10O24S7. The summed E-state index contributed by atoms with van der Waals surface area (Å²) in [5.74, 6) is 5.15. The van der Waals surface area contributed by atoms with E-state index in [1.165, 1.54) is 146 Å². The molecule has 0 bridgehead atoms. The molecule has 10 rings (SSSR count). The number of rotatable bonds is 54. The second-order valence-corrected chi connectivity index (χ2v) is 53.8. The Morgan fingerprint density at radius 3 is 0.520 bits per heavy atom. The lowest BCUT2D eigenvalue weighted by atomic mass is 10.1. The van der Waals surface area contributed by atoms with Crippen molar-refractivity contribution >= 4 is 185 Å². The van der Waals surface area contributed by atoms with Crippen LogP contribution in [0.2, 0.25) is 50.2 Å². The number of benzene rings is 10. The van der Waals surface area contributed by atoms with Crippen molar-refractivity contribution in [1.82, 2.24) is 0 Å². The standard InChI is InChI=1S/2C22H28Cl2O6S2.3C21H26Cl2O4S/c2*1-4-6-11-29-22-20(23)12-19(13-21(22)24)32(27,28)18-9-7-17(8-10-18)30-14-16(3)15-31(25,26)5-2;3*1-4-6-11-26-16-7-9-17(10-8-16)28(24,25)18-12-19(22)21(20(23)13-18)27-14-15(3)5-2/h2*7-10,12-13,16H,4-6,11,14-15H2,1-3H3;3*7-10,12-13,15H,4-6,11,14H2,1-3H3/t2*16-;2*15-;/m1010./s1. The van der Waals surface area contributed by atoms with Crippen molar-refractivity contribution in [3.8, 4) is 57.5 Å². The molecule has 0 heterocycles. The Balaban J connectivity index is 0.000000283. The maximum atomic E-state index is 13.0. The van der Waals surface area contributed by atoms with Crippen LogP contribution in [0.1, 0.15) is 187 Å². The van der Waals surface area contributed by atoms with Crippen molar-refractivity contribution < 1.29 is 106 Å². The maximum Gasteiger partial charge on any atom is 0.206 e. The van der Waals surface area contributed by atoms with E-state index in [9.17, 15) is 58.9 Å². The van der Waals surface area contributed by atoms with E-state index < -0.39 is 68.9 Å². The van der Waals surface area contributed by atoms with E-state index in [1.54, 1.807) is 64.1 Å². The van der Waals surface area contributed by atoms with Gasteiger partial charge in [0.15, 0.2) is 28.7 Å². The van der Waals surface area contributed by atoms with Crippen LogP contribution in [0.5, 0.6) is 57.5 Å². The molecule has 0 radical (unpaired) electrons. The zero-order chi connectivity index (χ0) is 110. The molecule has 0 aliphatic rings. The topological polar surface area (TPSA) is 331 Å². The first kappa shape index (κ1) is 129. The van der Waals surface area contributed by atoms with Crippen LogP contribution in [0, 0.1) is 29.6 Å². The molecule has 10 aromatic rings. The molecule has 0 fully saturated rings. The zero-order valence-corrected chi connectivity index (χ0v) is 99.0. The van der Waals surface area contributed by atoms with E-state index in [-0.39, 0.29) is 159 Å². The molecule has 148 heavy (non-hydrogen) atoms. The minimum absolute atomic E-state index is 0.0260. The number of sulfone groups is 7. The van der Waals surface area contributed by atoms with Gasteiger partial charge in [-0.1, -0.05) is 271 Å². The summed E-state index contributed by atoms with van der Waals surface area (Å²) in [5.41, 5.74) is 0. The van der Waals surface area contributed by atoms with Crippen LogP contribution in [0.15, 0.2) is 231 Å². The Kier molecular flexibility index (Phi) is 55.0. The fourth-order valence-corrected chi connectivity index (χ4v) is 25.3. The molecule has 818 valence electrons. The fourth-order valence-electron chi connectivity index (χ4n) is 12.8. The fraction of sp³-hybridized carbons (Fsp3) is 0.439. The smallest absolute Gasteiger partial charge is 0.206 e. The molecule has 0 aliphatic heterocycles. The highest BCUT2D eigenvalue weighted by molar-refractivity contribution is 7.93. The average molecular weight is 2380 g/mol. The summed E-state index contributed by atoms with van der Waals surface area (Å²) in [5, 5.41) is 1.56. The van der Waals surface area contributed by atoms with Crippen LogP contribution < -0.4 is 47.4 Å². The van der Waals surface area contributed by atoms with Crippen molar-refractivity contribution in [2.75, 3.05) is 89.1 Å². The SMILES string of the molecule is CCCCOc1c(Cl)cc(S(=O)(=O)c2ccc(OC[C@@H](C)CS(=O)(=O)CC)cc2)cc1Cl.CCCCOc1c(Cl)cc(S(=O)(=O)c2ccc(OC[C@H](C)CS(=O)(=O)CC)cc2)cc1Cl.CCCCOc1ccc(S(=O)(=O)c2cc(Cl)c(OCC(C)CC)c(Cl)c2)cc1.CCCCOc1ccc(S(=O)(=O)c2cc(Cl)c(OC[C@@H](C)CC)c(Cl)c2)cc1.CCCCOc1ccc(S(=O)(=O)c2cc(Cl)c(OC[C@H](C)CC)c(Cl)c2)cc1. The van der Waals surface area contributed by atoms with Gasteiger partial charge >= 0.3 is 0 Å². The van der Waals surface area contributed by atoms with E-state index in [2.05, 4.69) is 62.3 Å². The quantitative estimate of drug-likeness (QED) is 0.0320. The molecule has 24 nitrogen and oxygen atoms in total. The second-order valence-electron chi connectivity index (χ2n) is 35.2. The summed E-state index contributed by atoms with van der Waals surface area (Å²) in [4.78, 5) is 0.553. The van der Waals surface area contributed by atoms with Crippen molar-refractivity contribution in [3.63, 3.8) is 0 Å². The number of ether oxygens (including phenoxy) is 10. The largest absolute Gasteiger partial charge is 0.494 e. The van der Waals surface area contributed by atoms with E-state index in [4.69, 9.17) is 163 Å². The van der Waals surface area contributed by atoms with Crippen LogP contribution in [-0.2, 0) is 68.9 Å². The molecule has 10 aromatic carbocycles. The predicted octanol–water partition coefficient (Wildman–Crippen LogP) is 30.2. The molecule has 0 amide bonds. The van der Waals surface area contributed by atoms with E-state index in [0.29, 0.717) is 117 Å². The second kappa shape index (κ2) is 62.9. The third-order valence-corrected chi connectivity index (χ3v) is 38.0. The van der Waals surface area contributed by atoms with Gasteiger partial charge in [0.2, 0.25) is 49.2 Å². The van der Waals surface area contributed by atoms with Crippen LogP contribution >= 0.6 is 116 Å². The van der Waals surface area contributed by atoms with Crippen LogP contribution in [0.3, 0.4) is 0 Å². The van der Waals surface area contributed by atoms with Gasteiger partial charge in [-0.2, -0.15) is 0 Å². The van der Waals surface area contributed by atoms with Gasteiger partial charge in [-0.15, -0.1) is 0 Å². The minimum Gasteiger partial charge on any atom is -0.494 e. The molecule has 0 saturated carbocycles. The summed E-state index contributed by atoms with van der Waals surface area (Å²) < 4.78 is 233. The van der Waals surface area contributed by atoms with Crippen LogP contribution in [0.4, 0.5) is 0 Å². The van der Waals surface area contributed by atoms with Crippen LogP contribution in [0.25, 0.3) is 0 Å². The highest BCUT2D eigenvalue weighted by Gasteiger charge is 2.30. The number of unbranched alkanes of at least 4 members (excludes halogenated alkanes) is 5. The lowest BCUT2D eigenvalue weighted by Crippen LogP contribution is -2.20. The monoisotopic (exact) mass is 2380 g/mol. The average Bonchev–Trinajstić information content (AvgIpc) is 0.801. The Bertz CT molecular complexity index is 6090.